The minimum absolute atomic E-state index is 0.121. The molecule has 0 aromatic carbocycles. The molecule has 0 aromatic rings. The summed E-state index contributed by atoms with van der Waals surface area (Å²) in [6, 6.07) is 0. The number of rotatable bonds is 2. The van der Waals surface area contributed by atoms with E-state index in [0.717, 1.165) is 13.0 Å². The highest BCUT2D eigenvalue weighted by Crippen LogP contribution is 2.58. The van der Waals surface area contributed by atoms with Crippen molar-refractivity contribution in [2.75, 3.05) is 6.54 Å². The van der Waals surface area contributed by atoms with E-state index >= 15 is 0 Å². The van der Waals surface area contributed by atoms with Crippen LogP contribution in [0.2, 0.25) is 0 Å². The number of hydrogen-bond donors (Lipinski definition) is 1. The summed E-state index contributed by atoms with van der Waals surface area (Å²) < 4.78 is 5.48. The summed E-state index contributed by atoms with van der Waals surface area (Å²) in [6.45, 7) is 2.24. The normalized spacial score (nSPS) is 48.4. The largest absolute Gasteiger partial charge is 0.462 e. The minimum atomic E-state index is -0.145. The Morgan fingerprint density at radius 1 is 1.31 bits per heavy atom. The summed E-state index contributed by atoms with van der Waals surface area (Å²) in [5.41, 5.74) is 5.85. The maximum absolute atomic E-state index is 11.1. The van der Waals surface area contributed by atoms with Crippen LogP contribution < -0.4 is 5.73 Å². The molecule has 2 N–H and O–H groups in total. The van der Waals surface area contributed by atoms with Crippen LogP contribution in [0, 0.1) is 29.6 Å². The molecule has 2 saturated carbocycles. The van der Waals surface area contributed by atoms with Gasteiger partial charge in [0.25, 0.3) is 0 Å². The van der Waals surface area contributed by atoms with Gasteiger partial charge < -0.3 is 10.5 Å². The molecule has 88 valence electrons. The summed E-state index contributed by atoms with van der Waals surface area (Å²) in [5, 5.41) is 0. The lowest BCUT2D eigenvalue weighted by atomic mass is 9.81. The Bertz CT molecular complexity index is 339. The van der Waals surface area contributed by atoms with Gasteiger partial charge in [-0.1, -0.05) is 12.2 Å². The molecule has 0 aliphatic heterocycles. The molecule has 3 rings (SSSR count). The molecule has 2 fully saturated rings. The van der Waals surface area contributed by atoms with Crippen LogP contribution in [0.3, 0.4) is 0 Å². The summed E-state index contributed by atoms with van der Waals surface area (Å²) in [4.78, 5) is 11.1. The molecule has 3 aliphatic carbocycles. The molecule has 0 saturated heterocycles. The summed E-state index contributed by atoms with van der Waals surface area (Å²) in [6.07, 6.45) is 7.02. The summed E-state index contributed by atoms with van der Waals surface area (Å²) in [5.74, 6) is 2.96. The number of allylic oxidation sites excluding steroid dienone is 2. The number of fused-ring (bicyclic) bond motifs is 5. The van der Waals surface area contributed by atoms with Gasteiger partial charge in [0.15, 0.2) is 0 Å². The minimum Gasteiger partial charge on any atom is -0.462 e. The summed E-state index contributed by atoms with van der Waals surface area (Å²) in [7, 11) is 0. The number of hydrogen-bond acceptors (Lipinski definition) is 3. The first-order valence-corrected chi connectivity index (χ1v) is 6.26. The fourth-order valence-corrected chi connectivity index (χ4v) is 4.29. The number of ether oxygens (including phenoxy) is 1. The molecular formula is C13H19NO2. The van der Waals surface area contributed by atoms with Gasteiger partial charge in [-0.05, 0) is 43.1 Å². The van der Waals surface area contributed by atoms with Gasteiger partial charge in [0.1, 0.15) is 6.10 Å². The average Bonchev–Trinajstić information content (AvgIpc) is 2.88. The Hall–Kier alpha value is -0.830. The number of esters is 1. The average molecular weight is 221 g/mol. The lowest BCUT2D eigenvalue weighted by Crippen LogP contribution is -2.28. The smallest absolute Gasteiger partial charge is 0.302 e. The Labute approximate surface area is 96.0 Å². The predicted octanol–water partition coefficient (Wildman–Crippen LogP) is 1.33. The van der Waals surface area contributed by atoms with Crippen LogP contribution in [0.25, 0.3) is 0 Å². The Balaban J connectivity index is 1.83. The Kier molecular flexibility index (Phi) is 2.32. The molecule has 6 atom stereocenters. The molecule has 16 heavy (non-hydrogen) atoms. The van der Waals surface area contributed by atoms with E-state index in [0.29, 0.717) is 29.6 Å². The van der Waals surface area contributed by atoms with Crippen molar-refractivity contribution in [1.82, 2.24) is 0 Å². The third-order valence-corrected chi connectivity index (χ3v) is 4.71. The van der Waals surface area contributed by atoms with Crippen molar-refractivity contribution in [3.05, 3.63) is 12.2 Å². The van der Waals surface area contributed by atoms with Crippen molar-refractivity contribution in [1.29, 1.82) is 0 Å². The van der Waals surface area contributed by atoms with E-state index in [4.69, 9.17) is 10.5 Å². The zero-order valence-corrected chi connectivity index (χ0v) is 9.63. The second-order valence-corrected chi connectivity index (χ2v) is 5.48. The predicted molar refractivity (Wildman–Crippen MR) is 60.4 cm³/mol. The van der Waals surface area contributed by atoms with Crippen LogP contribution in [0.15, 0.2) is 12.2 Å². The van der Waals surface area contributed by atoms with Gasteiger partial charge in [0, 0.05) is 12.8 Å². The molecule has 0 aromatic heterocycles. The molecule has 3 aliphatic rings. The van der Waals surface area contributed by atoms with Crippen molar-refractivity contribution in [2.24, 2.45) is 35.3 Å². The van der Waals surface area contributed by atoms with E-state index < -0.39 is 0 Å². The van der Waals surface area contributed by atoms with Crippen LogP contribution in [0.4, 0.5) is 0 Å². The zero-order valence-electron chi connectivity index (χ0n) is 9.63. The molecule has 0 unspecified atom stereocenters. The van der Waals surface area contributed by atoms with Crippen LogP contribution in [-0.4, -0.2) is 18.6 Å². The van der Waals surface area contributed by atoms with Gasteiger partial charge in [-0.25, -0.2) is 0 Å². The monoisotopic (exact) mass is 221 g/mol. The van der Waals surface area contributed by atoms with Gasteiger partial charge in [-0.2, -0.15) is 0 Å². The van der Waals surface area contributed by atoms with Crippen LogP contribution in [-0.2, 0) is 9.53 Å². The standard InChI is InChI=1S/C13H19NO2/c1-7(15)16-11-5-10(6-14)12-8-2-3-9(4-8)13(11)12/h2-3,8-13H,4-6,14H2,1H3/t8-,9+,10+,11-,12+,13-/m0/s1. The maximum Gasteiger partial charge on any atom is 0.302 e. The van der Waals surface area contributed by atoms with Crippen molar-refractivity contribution >= 4 is 5.97 Å². The van der Waals surface area contributed by atoms with Crippen molar-refractivity contribution in [3.8, 4) is 0 Å². The Morgan fingerprint density at radius 2 is 2.00 bits per heavy atom. The number of nitrogens with two attached hydrogens (primary N) is 1. The molecule has 0 amide bonds. The molecule has 0 radical (unpaired) electrons. The quantitative estimate of drug-likeness (QED) is 0.565. The second kappa shape index (κ2) is 3.59. The third kappa shape index (κ3) is 1.34. The molecule has 3 heteroatoms. The first-order valence-electron chi connectivity index (χ1n) is 6.26. The second-order valence-electron chi connectivity index (χ2n) is 5.48. The van der Waals surface area contributed by atoms with Crippen LogP contribution >= 0.6 is 0 Å². The first-order chi connectivity index (χ1) is 7.70. The van der Waals surface area contributed by atoms with E-state index in [1.807, 2.05) is 0 Å². The molecule has 0 spiro atoms. The molecule has 2 bridgehead atoms. The topological polar surface area (TPSA) is 52.3 Å². The van der Waals surface area contributed by atoms with Gasteiger partial charge in [-0.3, -0.25) is 4.79 Å². The lowest BCUT2D eigenvalue weighted by Gasteiger charge is -2.26. The van der Waals surface area contributed by atoms with Crippen molar-refractivity contribution < 1.29 is 9.53 Å². The molecule has 0 heterocycles. The number of carbonyl (C=O) groups excluding carboxylic acids is 1. The molecular weight excluding hydrogens is 202 g/mol. The highest BCUT2D eigenvalue weighted by atomic mass is 16.5. The fourth-order valence-electron chi connectivity index (χ4n) is 4.29. The van der Waals surface area contributed by atoms with E-state index in [9.17, 15) is 4.79 Å². The van der Waals surface area contributed by atoms with E-state index in [1.54, 1.807) is 0 Å². The third-order valence-electron chi connectivity index (χ3n) is 4.71. The zero-order chi connectivity index (χ0) is 11.3. The van der Waals surface area contributed by atoms with Gasteiger partial charge >= 0.3 is 5.97 Å². The Morgan fingerprint density at radius 3 is 2.62 bits per heavy atom. The van der Waals surface area contributed by atoms with Crippen molar-refractivity contribution in [3.63, 3.8) is 0 Å². The van der Waals surface area contributed by atoms with Gasteiger partial charge in [-0.15, -0.1) is 0 Å². The maximum atomic E-state index is 11.1. The highest BCUT2D eigenvalue weighted by Gasteiger charge is 2.56. The highest BCUT2D eigenvalue weighted by molar-refractivity contribution is 5.66. The van der Waals surface area contributed by atoms with Crippen molar-refractivity contribution in [2.45, 2.75) is 25.9 Å². The van der Waals surface area contributed by atoms with Crippen LogP contribution in [0.1, 0.15) is 19.8 Å². The van der Waals surface area contributed by atoms with Crippen LogP contribution in [0.5, 0.6) is 0 Å². The SMILES string of the molecule is CC(=O)O[C@H]1C[C@H](CN)[C@@H]2[C@H]1[C@@H]1C=C[C@H]2C1. The summed E-state index contributed by atoms with van der Waals surface area (Å²) >= 11 is 0. The number of carbonyl (C=O) groups is 1. The van der Waals surface area contributed by atoms with Gasteiger partial charge in [0.2, 0.25) is 0 Å². The van der Waals surface area contributed by atoms with Gasteiger partial charge in [0.05, 0.1) is 0 Å². The van der Waals surface area contributed by atoms with E-state index in [-0.39, 0.29) is 12.1 Å². The first kappa shape index (κ1) is 10.3. The van der Waals surface area contributed by atoms with E-state index in [2.05, 4.69) is 12.2 Å². The fraction of sp³-hybridized carbons (Fsp3) is 0.769. The lowest BCUT2D eigenvalue weighted by molar-refractivity contribution is -0.148. The van der Waals surface area contributed by atoms with E-state index in [1.165, 1.54) is 13.3 Å². The molecule has 3 nitrogen and oxygen atoms in total.